The molecule has 1 N–H and O–H groups in total. The van der Waals surface area contributed by atoms with Crippen LogP contribution in [0.2, 0.25) is 0 Å². The monoisotopic (exact) mass is 202 g/mol. The molecule has 1 atom stereocenters. The maximum atomic E-state index is 10.7. The first kappa shape index (κ1) is 9.52. The van der Waals surface area contributed by atoms with Crippen LogP contribution in [-0.2, 0) is 9.53 Å². The van der Waals surface area contributed by atoms with Gasteiger partial charge in [0.2, 0.25) is 6.10 Å². The molecule has 1 heterocycles. The summed E-state index contributed by atoms with van der Waals surface area (Å²) >= 11 is 0. The summed E-state index contributed by atoms with van der Waals surface area (Å²) in [5.41, 5.74) is 1.86. The summed E-state index contributed by atoms with van der Waals surface area (Å²) in [5, 5.41) is 8.80. The van der Waals surface area contributed by atoms with Crippen molar-refractivity contribution in [2.75, 3.05) is 0 Å². The number of benzene rings is 1. The Labute approximate surface area is 87.3 Å². The molecule has 0 aliphatic carbocycles. The third-order valence-corrected chi connectivity index (χ3v) is 2.15. The van der Waals surface area contributed by atoms with Crippen molar-refractivity contribution in [1.82, 2.24) is 0 Å². The molecule has 1 aliphatic rings. The standard InChI is InChI=1S/C12H10O3/c13-12(14)11-8-10(6-7-15-11)9-4-2-1-3-5-9/h1-8,11H,(H,13,14). The molecule has 3 nitrogen and oxygen atoms in total. The maximum absolute atomic E-state index is 10.7. The molecule has 1 aromatic carbocycles. The van der Waals surface area contributed by atoms with Crippen molar-refractivity contribution < 1.29 is 14.6 Å². The quantitative estimate of drug-likeness (QED) is 0.798. The van der Waals surface area contributed by atoms with Gasteiger partial charge in [0, 0.05) is 0 Å². The van der Waals surface area contributed by atoms with Crippen LogP contribution in [0.25, 0.3) is 5.57 Å². The van der Waals surface area contributed by atoms with Gasteiger partial charge in [-0.05, 0) is 23.3 Å². The fourth-order valence-corrected chi connectivity index (χ4v) is 1.41. The van der Waals surface area contributed by atoms with Gasteiger partial charge in [-0.15, -0.1) is 0 Å². The summed E-state index contributed by atoms with van der Waals surface area (Å²) in [5.74, 6) is -0.979. The Balaban J connectivity index is 2.30. The normalized spacial score (nSPS) is 19.2. The Hall–Kier alpha value is -2.03. The highest BCUT2D eigenvalue weighted by atomic mass is 16.5. The summed E-state index contributed by atoms with van der Waals surface area (Å²) in [6, 6.07) is 9.60. The second kappa shape index (κ2) is 4.00. The van der Waals surface area contributed by atoms with Crippen molar-refractivity contribution in [2.24, 2.45) is 0 Å². The Bertz CT molecular complexity index is 418. The van der Waals surface area contributed by atoms with Crippen LogP contribution in [0.1, 0.15) is 5.56 Å². The molecule has 0 saturated carbocycles. The number of hydrogen-bond acceptors (Lipinski definition) is 2. The van der Waals surface area contributed by atoms with Crippen molar-refractivity contribution >= 4 is 11.5 Å². The minimum Gasteiger partial charge on any atom is -0.482 e. The van der Waals surface area contributed by atoms with E-state index in [9.17, 15) is 4.79 Å². The zero-order valence-corrected chi connectivity index (χ0v) is 7.96. The predicted octanol–water partition coefficient (Wildman–Crippen LogP) is 2.07. The minimum absolute atomic E-state index is 0.870. The molecular formula is C12H10O3. The molecule has 0 fully saturated rings. The highest BCUT2D eigenvalue weighted by molar-refractivity contribution is 5.83. The van der Waals surface area contributed by atoms with Crippen LogP contribution in [0.5, 0.6) is 0 Å². The maximum Gasteiger partial charge on any atom is 0.349 e. The fourth-order valence-electron chi connectivity index (χ4n) is 1.41. The summed E-state index contributed by atoms with van der Waals surface area (Å²) in [6.07, 6.45) is 3.89. The zero-order chi connectivity index (χ0) is 10.7. The number of ether oxygens (including phenoxy) is 1. The highest BCUT2D eigenvalue weighted by Gasteiger charge is 2.18. The molecule has 1 aromatic rings. The number of hydrogen-bond donors (Lipinski definition) is 1. The van der Waals surface area contributed by atoms with Crippen LogP contribution < -0.4 is 0 Å². The van der Waals surface area contributed by atoms with Crippen molar-refractivity contribution in [3.8, 4) is 0 Å². The van der Waals surface area contributed by atoms with E-state index in [1.54, 1.807) is 12.2 Å². The second-order valence-corrected chi connectivity index (χ2v) is 3.19. The predicted molar refractivity (Wildman–Crippen MR) is 56.1 cm³/mol. The van der Waals surface area contributed by atoms with E-state index >= 15 is 0 Å². The lowest BCUT2D eigenvalue weighted by molar-refractivity contribution is -0.144. The number of carboxylic acids is 1. The number of aliphatic carboxylic acids is 1. The molecule has 0 spiro atoms. The topological polar surface area (TPSA) is 46.5 Å². The molecule has 76 valence electrons. The molecule has 2 rings (SSSR count). The van der Waals surface area contributed by atoms with Gasteiger partial charge in [-0.1, -0.05) is 30.3 Å². The van der Waals surface area contributed by atoms with Crippen molar-refractivity contribution in [3.63, 3.8) is 0 Å². The number of carboxylic acid groups (broad SMARTS) is 1. The second-order valence-electron chi connectivity index (χ2n) is 3.19. The molecule has 0 saturated heterocycles. The van der Waals surface area contributed by atoms with Gasteiger partial charge in [0.15, 0.2) is 0 Å². The smallest absolute Gasteiger partial charge is 0.349 e. The minimum atomic E-state index is -0.979. The molecule has 0 radical (unpaired) electrons. The third-order valence-electron chi connectivity index (χ3n) is 2.15. The van der Waals surface area contributed by atoms with Gasteiger partial charge in [-0.25, -0.2) is 4.79 Å². The number of allylic oxidation sites excluding steroid dienone is 2. The molecule has 0 bridgehead atoms. The average Bonchev–Trinajstić information content (AvgIpc) is 2.30. The number of carbonyl (C=O) groups is 1. The lowest BCUT2D eigenvalue weighted by atomic mass is 10.0. The summed E-state index contributed by atoms with van der Waals surface area (Å²) in [4.78, 5) is 10.7. The van der Waals surface area contributed by atoms with E-state index in [0.29, 0.717) is 0 Å². The molecule has 0 amide bonds. The van der Waals surface area contributed by atoms with Crippen LogP contribution in [0, 0.1) is 0 Å². The largest absolute Gasteiger partial charge is 0.482 e. The van der Waals surface area contributed by atoms with Crippen molar-refractivity contribution in [3.05, 3.63) is 54.3 Å². The van der Waals surface area contributed by atoms with Crippen molar-refractivity contribution in [1.29, 1.82) is 0 Å². The van der Waals surface area contributed by atoms with E-state index in [1.165, 1.54) is 6.26 Å². The van der Waals surface area contributed by atoms with Crippen LogP contribution in [0.3, 0.4) is 0 Å². The van der Waals surface area contributed by atoms with E-state index in [-0.39, 0.29) is 0 Å². The molecular weight excluding hydrogens is 192 g/mol. The first-order valence-corrected chi connectivity index (χ1v) is 4.59. The Morgan fingerprint density at radius 1 is 1.27 bits per heavy atom. The Morgan fingerprint density at radius 2 is 2.00 bits per heavy atom. The lowest BCUT2D eigenvalue weighted by Crippen LogP contribution is -2.21. The van der Waals surface area contributed by atoms with E-state index < -0.39 is 12.1 Å². The van der Waals surface area contributed by atoms with Gasteiger partial charge in [-0.2, -0.15) is 0 Å². The SMILES string of the molecule is O=C(O)C1C=C(c2ccccc2)C=CO1. The van der Waals surface area contributed by atoms with Crippen molar-refractivity contribution in [2.45, 2.75) is 6.10 Å². The van der Waals surface area contributed by atoms with Gasteiger partial charge in [0.25, 0.3) is 0 Å². The summed E-state index contributed by atoms with van der Waals surface area (Å²) in [6.45, 7) is 0. The van der Waals surface area contributed by atoms with Gasteiger partial charge >= 0.3 is 5.97 Å². The molecule has 15 heavy (non-hydrogen) atoms. The van der Waals surface area contributed by atoms with E-state index in [1.807, 2.05) is 30.3 Å². The van der Waals surface area contributed by atoms with Crippen LogP contribution in [0.15, 0.2) is 48.7 Å². The summed E-state index contributed by atoms with van der Waals surface area (Å²) < 4.78 is 4.93. The van der Waals surface area contributed by atoms with E-state index in [0.717, 1.165) is 11.1 Å². The molecule has 1 aliphatic heterocycles. The molecule has 1 unspecified atom stereocenters. The van der Waals surface area contributed by atoms with Crippen LogP contribution >= 0.6 is 0 Å². The van der Waals surface area contributed by atoms with Crippen LogP contribution in [-0.4, -0.2) is 17.2 Å². The zero-order valence-electron chi connectivity index (χ0n) is 7.96. The van der Waals surface area contributed by atoms with Gasteiger partial charge in [0.05, 0.1) is 6.26 Å². The third kappa shape index (κ3) is 2.07. The Kier molecular flexibility index (Phi) is 2.54. The Morgan fingerprint density at radius 3 is 2.67 bits per heavy atom. The first-order chi connectivity index (χ1) is 7.27. The van der Waals surface area contributed by atoms with Crippen LogP contribution in [0.4, 0.5) is 0 Å². The molecule has 3 heteroatoms. The fraction of sp³-hybridized carbons (Fsp3) is 0.0833. The average molecular weight is 202 g/mol. The summed E-state index contributed by atoms with van der Waals surface area (Å²) in [7, 11) is 0. The number of rotatable bonds is 2. The van der Waals surface area contributed by atoms with E-state index in [2.05, 4.69) is 0 Å². The highest BCUT2D eigenvalue weighted by Crippen LogP contribution is 2.20. The molecule has 0 aromatic heterocycles. The van der Waals surface area contributed by atoms with Gasteiger partial charge in [-0.3, -0.25) is 0 Å². The lowest BCUT2D eigenvalue weighted by Gasteiger charge is -2.14. The van der Waals surface area contributed by atoms with Gasteiger partial charge < -0.3 is 9.84 Å². The van der Waals surface area contributed by atoms with E-state index in [4.69, 9.17) is 9.84 Å². The van der Waals surface area contributed by atoms with Gasteiger partial charge in [0.1, 0.15) is 0 Å². The first-order valence-electron chi connectivity index (χ1n) is 4.59.